The highest BCUT2D eigenvalue weighted by molar-refractivity contribution is 7.89. The van der Waals surface area contributed by atoms with Gasteiger partial charge in [0.1, 0.15) is 0 Å². The average molecular weight is 244 g/mol. The zero-order valence-electron chi connectivity index (χ0n) is 9.20. The van der Waals surface area contributed by atoms with Crippen molar-refractivity contribution < 1.29 is 13.5 Å². The largest absolute Gasteiger partial charge is 0.395 e. The number of aromatic nitrogens is 1. The standard InChI is InChI=1S/C10H16N2O3S/c1-12(7-8-13)16(14,15)9-5-10-4-2-3-6-11-10/h2-4,6,13H,5,7-9H2,1H3. The van der Waals surface area contributed by atoms with Gasteiger partial charge in [-0.15, -0.1) is 0 Å². The molecule has 0 aliphatic heterocycles. The van der Waals surface area contributed by atoms with E-state index in [1.165, 1.54) is 7.05 Å². The Balaban J connectivity index is 2.55. The summed E-state index contributed by atoms with van der Waals surface area (Å²) in [5, 5.41) is 8.67. The van der Waals surface area contributed by atoms with Crippen LogP contribution in [0.2, 0.25) is 0 Å². The number of aliphatic hydroxyl groups is 1. The molecule has 16 heavy (non-hydrogen) atoms. The lowest BCUT2D eigenvalue weighted by Gasteiger charge is -2.15. The minimum atomic E-state index is -3.29. The van der Waals surface area contributed by atoms with Crippen molar-refractivity contribution in [3.05, 3.63) is 30.1 Å². The number of aryl methyl sites for hydroxylation is 1. The summed E-state index contributed by atoms with van der Waals surface area (Å²) in [4.78, 5) is 4.05. The topological polar surface area (TPSA) is 70.5 Å². The van der Waals surface area contributed by atoms with E-state index in [0.717, 1.165) is 10.00 Å². The Morgan fingerprint density at radius 3 is 2.75 bits per heavy atom. The second kappa shape index (κ2) is 5.93. The summed E-state index contributed by atoms with van der Waals surface area (Å²) >= 11 is 0. The van der Waals surface area contributed by atoms with Crippen LogP contribution in [0.3, 0.4) is 0 Å². The predicted molar refractivity (Wildman–Crippen MR) is 61.4 cm³/mol. The van der Waals surface area contributed by atoms with Gasteiger partial charge < -0.3 is 5.11 Å². The van der Waals surface area contributed by atoms with E-state index >= 15 is 0 Å². The van der Waals surface area contributed by atoms with Crippen LogP contribution in [0.25, 0.3) is 0 Å². The van der Waals surface area contributed by atoms with E-state index in [-0.39, 0.29) is 18.9 Å². The van der Waals surface area contributed by atoms with E-state index in [0.29, 0.717) is 6.42 Å². The van der Waals surface area contributed by atoms with Gasteiger partial charge in [-0.3, -0.25) is 4.98 Å². The maximum Gasteiger partial charge on any atom is 0.214 e. The molecule has 0 amide bonds. The zero-order valence-corrected chi connectivity index (χ0v) is 10.0. The Morgan fingerprint density at radius 2 is 2.19 bits per heavy atom. The molecule has 90 valence electrons. The van der Waals surface area contributed by atoms with Crippen LogP contribution in [0.1, 0.15) is 5.69 Å². The van der Waals surface area contributed by atoms with E-state index in [1.54, 1.807) is 18.3 Å². The van der Waals surface area contributed by atoms with Gasteiger partial charge in [-0.25, -0.2) is 12.7 Å². The molecule has 0 saturated heterocycles. The highest BCUT2D eigenvalue weighted by Crippen LogP contribution is 2.02. The van der Waals surface area contributed by atoms with Crippen LogP contribution in [-0.4, -0.2) is 48.8 Å². The van der Waals surface area contributed by atoms with Gasteiger partial charge in [0.05, 0.1) is 12.4 Å². The van der Waals surface area contributed by atoms with Gasteiger partial charge in [0.25, 0.3) is 0 Å². The average Bonchev–Trinajstić information content (AvgIpc) is 2.28. The fourth-order valence-corrected chi connectivity index (χ4v) is 2.35. The van der Waals surface area contributed by atoms with Crippen molar-refractivity contribution in [2.75, 3.05) is 26.0 Å². The highest BCUT2D eigenvalue weighted by Gasteiger charge is 2.16. The third-order valence-corrected chi connectivity index (χ3v) is 4.08. The molecule has 0 bridgehead atoms. The van der Waals surface area contributed by atoms with Gasteiger partial charge in [0.2, 0.25) is 10.0 Å². The Labute approximate surface area is 95.8 Å². The van der Waals surface area contributed by atoms with Crippen molar-refractivity contribution in [1.82, 2.24) is 9.29 Å². The van der Waals surface area contributed by atoms with Crippen LogP contribution in [0.4, 0.5) is 0 Å². The van der Waals surface area contributed by atoms with Gasteiger partial charge in [-0.1, -0.05) is 6.07 Å². The van der Waals surface area contributed by atoms with Crippen LogP contribution in [0.5, 0.6) is 0 Å². The predicted octanol–water partition coefficient (Wildman–Crippen LogP) is -0.122. The number of hydrogen-bond donors (Lipinski definition) is 1. The molecule has 0 saturated carbocycles. The molecule has 0 fully saturated rings. The van der Waals surface area contributed by atoms with Crippen molar-refractivity contribution in [3.8, 4) is 0 Å². The van der Waals surface area contributed by atoms with Crippen LogP contribution in [-0.2, 0) is 16.4 Å². The fourth-order valence-electron chi connectivity index (χ4n) is 1.22. The lowest BCUT2D eigenvalue weighted by Crippen LogP contribution is -2.32. The molecule has 0 aliphatic rings. The van der Waals surface area contributed by atoms with Gasteiger partial charge in [0.15, 0.2) is 0 Å². The number of pyridine rings is 1. The molecule has 1 rings (SSSR count). The molecule has 1 aromatic rings. The van der Waals surface area contributed by atoms with E-state index < -0.39 is 10.0 Å². The first-order valence-electron chi connectivity index (χ1n) is 5.01. The lowest BCUT2D eigenvalue weighted by atomic mass is 10.3. The van der Waals surface area contributed by atoms with Crippen molar-refractivity contribution in [3.63, 3.8) is 0 Å². The molecule has 0 spiro atoms. The van der Waals surface area contributed by atoms with Crippen molar-refractivity contribution >= 4 is 10.0 Å². The molecule has 1 aromatic heterocycles. The first kappa shape index (κ1) is 13.1. The molecule has 5 nitrogen and oxygen atoms in total. The quantitative estimate of drug-likeness (QED) is 0.757. The molecule has 1 heterocycles. The second-order valence-electron chi connectivity index (χ2n) is 3.43. The van der Waals surface area contributed by atoms with Gasteiger partial charge in [-0.2, -0.15) is 0 Å². The normalized spacial score (nSPS) is 11.9. The number of nitrogens with zero attached hydrogens (tertiary/aromatic N) is 2. The molecule has 0 radical (unpaired) electrons. The first-order valence-corrected chi connectivity index (χ1v) is 6.62. The molecule has 6 heteroatoms. The third kappa shape index (κ3) is 3.88. The lowest BCUT2D eigenvalue weighted by molar-refractivity contribution is 0.266. The second-order valence-corrected chi connectivity index (χ2v) is 5.63. The van der Waals surface area contributed by atoms with Gasteiger partial charge >= 0.3 is 0 Å². The highest BCUT2D eigenvalue weighted by atomic mass is 32.2. The Kier molecular flexibility index (Phi) is 4.85. The zero-order chi connectivity index (χ0) is 12.0. The molecule has 1 N–H and O–H groups in total. The summed E-state index contributed by atoms with van der Waals surface area (Å²) < 4.78 is 24.5. The minimum Gasteiger partial charge on any atom is -0.395 e. The third-order valence-electron chi connectivity index (χ3n) is 2.23. The van der Waals surface area contributed by atoms with Crippen LogP contribution in [0, 0.1) is 0 Å². The Morgan fingerprint density at radius 1 is 1.44 bits per heavy atom. The minimum absolute atomic E-state index is 0.0144. The summed E-state index contributed by atoms with van der Waals surface area (Å²) in [6, 6.07) is 5.41. The molecule has 0 unspecified atom stereocenters. The number of aliphatic hydroxyl groups excluding tert-OH is 1. The van der Waals surface area contributed by atoms with Crippen molar-refractivity contribution in [2.24, 2.45) is 0 Å². The number of hydrogen-bond acceptors (Lipinski definition) is 4. The summed E-state index contributed by atoms with van der Waals surface area (Å²) in [6.07, 6.45) is 2.03. The number of sulfonamides is 1. The summed E-state index contributed by atoms with van der Waals surface area (Å²) in [6.45, 7) is -0.0378. The van der Waals surface area contributed by atoms with Crippen LogP contribution >= 0.6 is 0 Å². The molecular weight excluding hydrogens is 228 g/mol. The van der Waals surface area contributed by atoms with E-state index in [4.69, 9.17) is 5.11 Å². The van der Waals surface area contributed by atoms with E-state index in [2.05, 4.69) is 4.98 Å². The monoisotopic (exact) mass is 244 g/mol. The molecule has 0 aromatic carbocycles. The fraction of sp³-hybridized carbons (Fsp3) is 0.500. The summed E-state index contributed by atoms with van der Waals surface area (Å²) in [5.74, 6) is 0.0144. The number of likely N-dealkylation sites (N-methyl/N-ethyl adjacent to an activating group) is 1. The first-order chi connectivity index (χ1) is 7.56. The van der Waals surface area contributed by atoms with Crippen molar-refractivity contribution in [1.29, 1.82) is 0 Å². The molecule has 0 aliphatic carbocycles. The van der Waals surface area contributed by atoms with Gasteiger partial charge in [-0.05, 0) is 12.1 Å². The SMILES string of the molecule is CN(CCO)S(=O)(=O)CCc1ccccn1. The van der Waals surface area contributed by atoms with Crippen LogP contribution in [0.15, 0.2) is 24.4 Å². The summed E-state index contributed by atoms with van der Waals surface area (Å²) in [7, 11) is -1.83. The maximum absolute atomic E-state index is 11.7. The maximum atomic E-state index is 11.7. The Hall–Kier alpha value is -0.980. The summed E-state index contributed by atoms with van der Waals surface area (Å²) in [5.41, 5.74) is 0.753. The van der Waals surface area contributed by atoms with Crippen molar-refractivity contribution in [2.45, 2.75) is 6.42 Å². The molecule has 0 atom stereocenters. The molecular formula is C10H16N2O3S. The van der Waals surface area contributed by atoms with E-state index in [1.807, 2.05) is 6.07 Å². The Bertz CT molecular complexity index is 405. The van der Waals surface area contributed by atoms with Crippen LogP contribution < -0.4 is 0 Å². The number of rotatable bonds is 6. The smallest absolute Gasteiger partial charge is 0.214 e. The van der Waals surface area contributed by atoms with E-state index in [9.17, 15) is 8.42 Å². The van der Waals surface area contributed by atoms with Gasteiger partial charge in [0, 0.05) is 31.9 Å².